The molecule has 78 valence electrons. The van der Waals surface area contributed by atoms with E-state index in [0.717, 1.165) is 12.8 Å². The van der Waals surface area contributed by atoms with Crippen LogP contribution in [0.15, 0.2) is 0 Å². The first kappa shape index (κ1) is 11.0. The summed E-state index contributed by atoms with van der Waals surface area (Å²) in [4.78, 5) is 11.1. The second-order valence-electron chi connectivity index (χ2n) is 3.60. The Kier molecular flexibility index (Phi) is 4.44. The van der Waals surface area contributed by atoms with Crippen molar-refractivity contribution in [2.24, 2.45) is 5.92 Å². The average Bonchev–Trinajstić information content (AvgIpc) is 2.11. The van der Waals surface area contributed by atoms with E-state index in [-0.39, 0.29) is 18.6 Å². The van der Waals surface area contributed by atoms with Crippen molar-refractivity contribution in [3.63, 3.8) is 0 Å². The van der Waals surface area contributed by atoms with E-state index >= 15 is 0 Å². The number of nitrogens with one attached hydrogen (secondary N) is 2. The lowest BCUT2D eigenvalue weighted by Gasteiger charge is -2.31. The van der Waals surface area contributed by atoms with Crippen LogP contribution >= 0.6 is 0 Å². The number of rotatable bonds is 5. The number of terminal acetylenes is 1. The van der Waals surface area contributed by atoms with E-state index in [9.17, 15) is 4.79 Å². The topological polar surface area (TPSA) is 61.4 Å². The molecule has 3 N–H and O–H groups in total. The molecule has 1 fully saturated rings. The van der Waals surface area contributed by atoms with Crippen molar-refractivity contribution in [2.75, 3.05) is 19.6 Å². The molecule has 0 spiro atoms. The van der Waals surface area contributed by atoms with Crippen molar-refractivity contribution in [3.8, 4) is 12.3 Å². The van der Waals surface area contributed by atoms with Gasteiger partial charge in [-0.15, -0.1) is 6.42 Å². The first-order valence-corrected chi connectivity index (χ1v) is 4.81. The number of carbonyl (C=O) groups excluding carboxylic acids is 1. The van der Waals surface area contributed by atoms with E-state index in [4.69, 9.17) is 11.5 Å². The summed E-state index contributed by atoms with van der Waals surface area (Å²) in [5.74, 6) is 2.80. The summed E-state index contributed by atoms with van der Waals surface area (Å²) in [5, 5.41) is 14.6. The van der Waals surface area contributed by atoms with Gasteiger partial charge in [0.25, 0.3) is 0 Å². The van der Waals surface area contributed by atoms with Gasteiger partial charge in [0.1, 0.15) is 0 Å². The first-order chi connectivity index (χ1) is 6.72. The Morgan fingerprint density at radius 1 is 1.57 bits per heavy atom. The summed E-state index contributed by atoms with van der Waals surface area (Å²) in [6, 6.07) is 0. The number of aliphatic hydroxyl groups is 1. The molecule has 0 radical (unpaired) electrons. The van der Waals surface area contributed by atoms with Gasteiger partial charge >= 0.3 is 0 Å². The van der Waals surface area contributed by atoms with Crippen LogP contribution in [-0.2, 0) is 4.79 Å². The Morgan fingerprint density at radius 3 is 2.86 bits per heavy atom. The van der Waals surface area contributed by atoms with Gasteiger partial charge < -0.3 is 10.4 Å². The monoisotopic (exact) mass is 196 g/mol. The average molecular weight is 196 g/mol. The van der Waals surface area contributed by atoms with Gasteiger partial charge in [-0.2, -0.15) is 0 Å². The van der Waals surface area contributed by atoms with Gasteiger partial charge in [0.05, 0.1) is 19.2 Å². The first-order valence-electron chi connectivity index (χ1n) is 4.81. The van der Waals surface area contributed by atoms with Crippen LogP contribution in [0.3, 0.4) is 0 Å². The molecule has 0 unspecified atom stereocenters. The molecule has 4 heteroatoms. The minimum Gasteiger partial charge on any atom is -0.393 e. The van der Waals surface area contributed by atoms with Gasteiger partial charge in [0.15, 0.2) is 0 Å². The van der Waals surface area contributed by atoms with Crippen LogP contribution in [0.25, 0.3) is 0 Å². The highest BCUT2D eigenvalue weighted by Crippen LogP contribution is 2.25. The predicted molar refractivity (Wildman–Crippen MR) is 53.4 cm³/mol. The van der Waals surface area contributed by atoms with Crippen molar-refractivity contribution in [2.45, 2.75) is 18.9 Å². The molecule has 0 heterocycles. The summed E-state index contributed by atoms with van der Waals surface area (Å²) in [6.07, 6.45) is 6.46. The largest absolute Gasteiger partial charge is 0.393 e. The van der Waals surface area contributed by atoms with Crippen LogP contribution in [-0.4, -0.2) is 36.8 Å². The van der Waals surface area contributed by atoms with Gasteiger partial charge in [-0.3, -0.25) is 10.1 Å². The van der Waals surface area contributed by atoms with Crippen molar-refractivity contribution < 1.29 is 9.90 Å². The van der Waals surface area contributed by atoms with Crippen LogP contribution in [0.4, 0.5) is 0 Å². The molecule has 0 aliphatic heterocycles. The lowest BCUT2D eigenvalue weighted by molar-refractivity contribution is -0.120. The molecule has 0 atom stereocenters. The zero-order valence-corrected chi connectivity index (χ0v) is 8.12. The Morgan fingerprint density at radius 2 is 2.29 bits per heavy atom. The quantitative estimate of drug-likeness (QED) is 0.394. The minimum atomic E-state index is -0.156. The maximum atomic E-state index is 11.1. The number of hydrogen-bond donors (Lipinski definition) is 3. The van der Waals surface area contributed by atoms with Crippen LogP contribution in [0, 0.1) is 18.3 Å². The Hall–Kier alpha value is -1.05. The fourth-order valence-corrected chi connectivity index (χ4v) is 1.44. The van der Waals surface area contributed by atoms with Crippen LogP contribution in [0.1, 0.15) is 12.8 Å². The molecule has 0 aromatic heterocycles. The third kappa shape index (κ3) is 3.77. The molecule has 1 aliphatic rings. The van der Waals surface area contributed by atoms with Crippen LogP contribution in [0.2, 0.25) is 0 Å². The SMILES string of the molecule is C#CCNCC(=O)NCC1CC(O)C1. The van der Waals surface area contributed by atoms with Crippen molar-refractivity contribution >= 4 is 5.91 Å². The Bertz CT molecular complexity index is 229. The molecule has 0 bridgehead atoms. The lowest BCUT2D eigenvalue weighted by Crippen LogP contribution is -2.41. The molecule has 4 nitrogen and oxygen atoms in total. The van der Waals surface area contributed by atoms with Gasteiger partial charge in [-0.25, -0.2) is 0 Å². The third-order valence-corrected chi connectivity index (χ3v) is 2.31. The minimum absolute atomic E-state index is 0.0401. The van der Waals surface area contributed by atoms with Gasteiger partial charge in [-0.05, 0) is 18.8 Å². The van der Waals surface area contributed by atoms with Gasteiger partial charge in [0, 0.05) is 6.54 Å². The number of amides is 1. The lowest BCUT2D eigenvalue weighted by atomic mass is 9.82. The molecular formula is C10H16N2O2. The zero-order chi connectivity index (χ0) is 10.4. The predicted octanol–water partition coefficient (Wildman–Crippen LogP) is -0.904. The normalized spacial score (nSPS) is 24.9. The van der Waals surface area contributed by atoms with Crippen LogP contribution in [0.5, 0.6) is 0 Å². The van der Waals surface area contributed by atoms with E-state index < -0.39 is 0 Å². The standard InChI is InChI=1S/C10H16N2O2/c1-2-3-11-7-10(14)12-6-8-4-9(13)5-8/h1,8-9,11,13H,3-7H2,(H,12,14). The maximum Gasteiger partial charge on any atom is 0.233 e. The van der Waals surface area contributed by atoms with E-state index in [1.807, 2.05) is 0 Å². The number of aliphatic hydroxyl groups excluding tert-OH is 1. The van der Waals surface area contributed by atoms with Crippen molar-refractivity contribution in [1.29, 1.82) is 0 Å². The highest BCUT2D eigenvalue weighted by Gasteiger charge is 2.26. The zero-order valence-electron chi connectivity index (χ0n) is 8.12. The number of hydrogen-bond acceptors (Lipinski definition) is 3. The fraction of sp³-hybridized carbons (Fsp3) is 0.700. The van der Waals surface area contributed by atoms with Crippen molar-refractivity contribution in [3.05, 3.63) is 0 Å². The second-order valence-corrected chi connectivity index (χ2v) is 3.60. The second kappa shape index (κ2) is 5.63. The summed E-state index contributed by atoms with van der Waals surface area (Å²) in [5.41, 5.74) is 0. The summed E-state index contributed by atoms with van der Waals surface area (Å²) < 4.78 is 0. The van der Waals surface area contributed by atoms with E-state index in [1.54, 1.807) is 0 Å². The molecule has 1 amide bonds. The summed E-state index contributed by atoms with van der Waals surface area (Å²) in [6.45, 7) is 1.34. The molecule has 14 heavy (non-hydrogen) atoms. The molecular weight excluding hydrogens is 180 g/mol. The maximum absolute atomic E-state index is 11.1. The van der Waals surface area contributed by atoms with Crippen LogP contribution < -0.4 is 10.6 Å². The summed E-state index contributed by atoms with van der Waals surface area (Å²) in [7, 11) is 0. The fourth-order valence-electron chi connectivity index (χ4n) is 1.44. The molecule has 0 saturated heterocycles. The molecule has 1 rings (SSSR count). The number of carbonyl (C=O) groups is 1. The van der Waals surface area contributed by atoms with Gasteiger partial charge in [0.2, 0.25) is 5.91 Å². The van der Waals surface area contributed by atoms with E-state index in [1.165, 1.54) is 0 Å². The third-order valence-electron chi connectivity index (χ3n) is 2.31. The van der Waals surface area contributed by atoms with Gasteiger partial charge in [-0.1, -0.05) is 5.92 Å². The van der Waals surface area contributed by atoms with Crippen molar-refractivity contribution in [1.82, 2.24) is 10.6 Å². The highest BCUT2D eigenvalue weighted by atomic mass is 16.3. The van der Waals surface area contributed by atoms with E-state index in [0.29, 0.717) is 19.0 Å². The molecule has 1 aliphatic carbocycles. The molecule has 0 aromatic carbocycles. The Labute approximate surface area is 84.1 Å². The Balaban J connectivity index is 1.96. The van der Waals surface area contributed by atoms with E-state index in [2.05, 4.69) is 16.6 Å². The summed E-state index contributed by atoms with van der Waals surface area (Å²) >= 11 is 0. The highest BCUT2D eigenvalue weighted by molar-refractivity contribution is 5.78. The molecule has 0 aromatic rings. The smallest absolute Gasteiger partial charge is 0.233 e. The molecule has 1 saturated carbocycles.